The molecule has 1 heterocycles. The summed E-state index contributed by atoms with van der Waals surface area (Å²) >= 11 is 0. The molecule has 2 aromatic carbocycles. The van der Waals surface area contributed by atoms with Gasteiger partial charge in [0, 0.05) is 33.9 Å². The van der Waals surface area contributed by atoms with Crippen LogP contribution in [-0.4, -0.2) is 10.9 Å². The van der Waals surface area contributed by atoms with Gasteiger partial charge in [0.1, 0.15) is 0 Å². The van der Waals surface area contributed by atoms with E-state index in [0.717, 1.165) is 16.8 Å². The zero-order valence-corrected chi connectivity index (χ0v) is 12.4. The lowest BCUT2D eigenvalue weighted by molar-refractivity contribution is 0.102. The van der Waals surface area contributed by atoms with Crippen molar-refractivity contribution >= 4 is 22.5 Å². The Hall–Kier alpha value is -2.88. The Morgan fingerprint density at radius 1 is 1.05 bits per heavy atom. The van der Waals surface area contributed by atoms with Crippen molar-refractivity contribution in [3.63, 3.8) is 0 Å². The van der Waals surface area contributed by atoms with Gasteiger partial charge in [-0.1, -0.05) is 17.7 Å². The Balaban J connectivity index is 1.94. The number of hydrogen-bond acceptors (Lipinski definition) is 2. The highest BCUT2D eigenvalue weighted by molar-refractivity contribution is 6.05. The summed E-state index contributed by atoms with van der Waals surface area (Å²) < 4.78 is 0. The largest absolute Gasteiger partial charge is 0.358 e. The minimum absolute atomic E-state index is 0.0575. The zero-order valence-electron chi connectivity index (χ0n) is 12.4. The fourth-order valence-corrected chi connectivity index (χ4v) is 2.45. The first-order chi connectivity index (χ1) is 10.5. The van der Waals surface area contributed by atoms with E-state index in [4.69, 9.17) is 0 Å². The molecule has 0 atom stereocenters. The molecular weight excluding hydrogens is 276 g/mol. The molecule has 0 aliphatic carbocycles. The first-order valence-electron chi connectivity index (χ1n) is 7.04. The summed E-state index contributed by atoms with van der Waals surface area (Å²) in [4.78, 5) is 27.4. The van der Waals surface area contributed by atoms with Crippen LogP contribution in [-0.2, 0) is 0 Å². The van der Waals surface area contributed by atoms with E-state index >= 15 is 0 Å². The van der Waals surface area contributed by atoms with E-state index in [-0.39, 0.29) is 11.3 Å². The topological polar surface area (TPSA) is 62.0 Å². The SMILES string of the molecule is Cc1cccc(C(=O)Nc2ccc3[nH]c(C)cc(=O)c3c2)c1. The summed E-state index contributed by atoms with van der Waals surface area (Å²) in [5.41, 5.74) is 3.75. The van der Waals surface area contributed by atoms with Crippen LogP contribution in [0.3, 0.4) is 0 Å². The van der Waals surface area contributed by atoms with Gasteiger partial charge in [0.05, 0.1) is 0 Å². The molecule has 2 N–H and O–H groups in total. The second-order valence-corrected chi connectivity index (χ2v) is 5.40. The fraction of sp³-hybridized carbons (Fsp3) is 0.111. The summed E-state index contributed by atoms with van der Waals surface area (Å²) in [6.45, 7) is 3.78. The van der Waals surface area contributed by atoms with Gasteiger partial charge in [0.15, 0.2) is 5.43 Å². The molecular formula is C18H16N2O2. The van der Waals surface area contributed by atoms with Crippen molar-refractivity contribution in [1.82, 2.24) is 4.98 Å². The second kappa shape index (κ2) is 5.48. The van der Waals surface area contributed by atoms with Crippen molar-refractivity contribution in [1.29, 1.82) is 0 Å². The molecule has 0 unspecified atom stereocenters. The number of nitrogens with one attached hydrogen (secondary N) is 2. The molecule has 3 rings (SSSR count). The Bertz CT molecular complexity index is 926. The van der Waals surface area contributed by atoms with Crippen LogP contribution in [0.5, 0.6) is 0 Å². The molecule has 1 amide bonds. The molecule has 0 spiro atoms. The number of aromatic nitrogens is 1. The smallest absolute Gasteiger partial charge is 0.255 e. The van der Waals surface area contributed by atoms with Crippen LogP contribution in [0.2, 0.25) is 0 Å². The third kappa shape index (κ3) is 2.76. The lowest BCUT2D eigenvalue weighted by atomic mass is 10.1. The van der Waals surface area contributed by atoms with Crippen LogP contribution in [0, 0.1) is 13.8 Å². The molecule has 0 bridgehead atoms. The lowest BCUT2D eigenvalue weighted by Gasteiger charge is -2.07. The normalized spacial score (nSPS) is 10.6. The second-order valence-electron chi connectivity index (χ2n) is 5.40. The van der Waals surface area contributed by atoms with Crippen LogP contribution < -0.4 is 10.7 Å². The van der Waals surface area contributed by atoms with E-state index in [0.29, 0.717) is 16.6 Å². The molecule has 4 nitrogen and oxygen atoms in total. The van der Waals surface area contributed by atoms with Crippen LogP contribution in [0.4, 0.5) is 5.69 Å². The van der Waals surface area contributed by atoms with Gasteiger partial charge in [-0.15, -0.1) is 0 Å². The molecule has 0 radical (unpaired) electrons. The van der Waals surface area contributed by atoms with Crippen LogP contribution in [0.15, 0.2) is 53.3 Å². The first-order valence-corrected chi connectivity index (χ1v) is 7.04. The van der Waals surface area contributed by atoms with Crippen LogP contribution in [0.25, 0.3) is 10.9 Å². The van der Waals surface area contributed by atoms with Crippen LogP contribution in [0.1, 0.15) is 21.6 Å². The van der Waals surface area contributed by atoms with Gasteiger partial charge in [0.2, 0.25) is 0 Å². The van der Waals surface area contributed by atoms with Gasteiger partial charge in [-0.05, 0) is 44.2 Å². The third-order valence-corrected chi connectivity index (χ3v) is 3.50. The van der Waals surface area contributed by atoms with Crippen molar-refractivity contribution in [3.8, 4) is 0 Å². The predicted octanol–water partition coefficient (Wildman–Crippen LogP) is 3.40. The number of hydrogen-bond donors (Lipinski definition) is 2. The van der Waals surface area contributed by atoms with E-state index in [2.05, 4.69) is 10.3 Å². The van der Waals surface area contributed by atoms with Gasteiger partial charge in [-0.3, -0.25) is 9.59 Å². The monoisotopic (exact) mass is 292 g/mol. The molecule has 22 heavy (non-hydrogen) atoms. The Labute approximate surface area is 127 Å². The number of benzene rings is 2. The van der Waals surface area contributed by atoms with Gasteiger partial charge in [0.25, 0.3) is 5.91 Å². The summed E-state index contributed by atoms with van der Waals surface area (Å²) in [6.07, 6.45) is 0. The fourth-order valence-electron chi connectivity index (χ4n) is 2.45. The van der Waals surface area contributed by atoms with Gasteiger partial charge < -0.3 is 10.3 Å². The summed E-state index contributed by atoms with van der Waals surface area (Å²) in [5, 5.41) is 3.39. The Morgan fingerprint density at radius 2 is 1.86 bits per heavy atom. The number of amides is 1. The van der Waals surface area contributed by atoms with Gasteiger partial charge in [-0.2, -0.15) is 0 Å². The summed E-state index contributed by atoms with van der Waals surface area (Å²) in [5.74, 6) is -0.188. The van der Waals surface area contributed by atoms with Crippen molar-refractivity contribution < 1.29 is 4.79 Å². The maximum Gasteiger partial charge on any atom is 0.255 e. The molecule has 0 aliphatic heterocycles. The van der Waals surface area contributed by atoms with Crippen molar-refractivity contribution in [3.05, 3.63) is 75.6 Å². The predicted molar refractivity (Wildman–Crippen MR) is 88.4 cm³/mol. The number of fused-ring (bicyclic) bond motifs is 1. The maximum absolute atomic E-state index is 12.2. The maximum atomic E-state index is 12.2. The van der Waals surface area contributed by atoms with E-state index < -0.39 is 0 Å². The number of carbonyl (C=O) groups is 1. The Morgan fingerprint density at radius 3 is 2.64 bits per heavy atom. The third-order valence-electron chi connectivity index (χ3n) is 3.50. The number of pyridine rings is 1. The molecule has 1 aromatic heterocycles. The summed E-state index contributed by atoms with van der Waals surface area (Å²) in [6, 6.07) is 14.2. The van der Waals surface area contributed by atoms with E-state index in [1.807, 2.05) is 32.0 Å². The highest BCUT2D eigenvalue weighted by Crippen LogP contribution is 2.16. The molecule has 110 valence electrons. The van der Waals surface area contributed by atoms with Crippen LogP contribution >= 0.6 is 0 Å². The molecule has 0 saturated heterocycles. The van der Waals surface area contributed by atoms with E-state index in [1.54, 1.807) is 30.3 Å². The van der Waals surface area contributed by atoms with Crippen molar-refractivity contribution in [2.24, 2.45) is 0 Å². The number of aromatic amines is 1. The summed E-state index contributed by atoms with van der Waals surface area (Å²) in [7, 11) is 0. The average Bonchev–Trinajstić information content (AvgIpc) is 2.48. The number of carbonyl (C=O) groups excluding carboxylic acids is 1. The van der Waals surface area contributed by atoms with Crippen molar-refractivity contribution in [2.75, 3.05) is 5.32 Å². The molecule has 0 saturated carbocycles. The quantitative estimate of drug-likeness (QED) is 0.760. The number of aryl methyl sites for hydroxylation is 2. The molecule has 4 heteroatoms. The molecule has 0 aliphatic rings. The Kier molecular flexibility index (Phi) is 3.51. The molecule has 3 aromatic rings. The van der Waals surface area contributed by atoms with Gasteiger partial charge >= 0.3 is 0 Å². The molecule has 0 fully saturated rings. The van der Waals surface area contributed by atoms with E-state index in [9.17, 15) is 9.59 Å². The van der Waals surface area contributed by atoms with Gasteiger partial charge in [-0.25, -0.2) is 0 Å². The average molecular weight is 292 g/mol. The highest BCUT2D eigenvalue weighted by Gasteiger charge is 2.07. The number of H-pyrrole nitrogens is 1. The van der Waals surface area contributed by atoms with Crippen molar-refractivity contribution in [2.45, 2.75) is 13.8 Å². The number of anilines is 1. The standard InChI is InChI=1S/C18H16N2O2/c1-11-4-3-5-13(8-11)18(22)20-14-6-7-16-15(10-14)17(21)9-12(2)19-16/h3-10H,1-2H3,(H,19,21)(H,20,22). The van der Waals surface area contributed by atoms with E-state index in [1.165, 1.54) is 0 Å². The highest BCUT2D eigenvalue weighted by atomic mass is 16.1. The lowest BCUT2D eigenvalue weighted by Crippen LogP contribution is -2.12. The minimum atomic E-state index is -0.188. The minimum Gasteiger partial charge on any atom is -0.358 e. The number of rotatable bonds is 2. The first kappa shape index (κ1) is 14.1. The zero-order chi connectivity index (χ0) is 15.7.